The lowest BCUT2D eigenvalue weighted by Crippen LogP contribution is -2.49. The fourth-order valence-electron chi connectivity index (χ4n) is 3.97. The number of hydrogen-bond acceptors (Lipinski definition) is 6. The van der Waals surface area contributed by atoms with E-state index in [1.807, 2.05) is 38.9 Å². The standard InChI is InChI=1S/C22H26FN7O.CH4/c1-13(2)20-22(31)28-19-14(3)26-18(27-21(19)29(20)4)6-5-15-9-25-30(11-15)12-16-7-8-24-10-17(16)23;/h7-11,13,20H,5-6,12H2,1-4H3,(H,28,31);1H4/t20-;/m0./s1. The van der Waals surface area contributed by atoms with E-state index in [0.29, 0.717) is 30.6 Å². The summed E-state index contributed by atoms with van der Waals surface area (Å²) in [6, 6.07) is 1.39. The molecule has 3 aromatic heterocycles. The maximum absolute atomic E-state index is 13.8. The van der Waals surface area contributed by atoms with Gasteiger partial charge in [-0.15, -0.1) is 0 Å². The average molecular weight is 440 g/mol. The van der Waals surface area contributed by atoms with Gasteiger partial charge in [-0.05, 0) is 30.9 Å². The SMILES string of the molecule is C.Cc1nc(CCc2cnn(Cc3ccncc3F)c2)nc2c1NC(=O)[C@H](C(C)C)N2C. The molecule has 170 valence electrons. The number of likely N-dealkylation sites (N-methyl/N-ethyl adjacent to an activating group) is 1. The van der Waals surface area contributed by atoms with E-state index in [-0.39, 0.29) is 31.1 Å². The summed E-state index contributed by atoms with van der Waals surface area (Å²) >= 11 is 0. The van der Waals surface area contributed by atoms with Crippen LogP contribution >= 0.6 is 0 Å². The fraction of sp³-hybridized carbons (Fsp3) is 0.435. The van der Waals surface area contributed by atoms with E-state index < -0.39 is 0 Å². The van der Waals surface area contributed by atoms with Crippen LogP contribution in [0.5, 0.6) is 0 Å². The first-order valence-corrected chi connectivity index (χ1v) is 10.3. The van der Waals surface area contributed by atoms with E-state index >= 15 is 0 Å². The van der Waals surface area contributed by atoms with Gasteiger partial charge < -0.3 is 10.2 Å². The van der Waals surface area contributed by atoms with Crippen molar-refractivity contribution in [1.29, 1.82) is 0 Å². The van der Waals surface area contributed by atoms with Crippen LogP contribution in [-0.4, -0.2) is 43.7 Å². The van der Waals surface area contributed by atoms with Crippen molar-refractivity contribution in [2.75, 3.05) is 17.3 Å². The highest BCUT2D eigenvalue weighted by Crippen LogP contribution is 2.33. The van der Waals surface area contributed by atoms with E-state index in [9.17, 15) is 9.18 Å². The molecule has 0 unspecified atom stereocenters. The zero-order valence-electron chi connectivity index (χ0n) is 18.1. The monoisotopic (exact) mass is 439 g/mol. The maximum atomic E-state index is 13.8. The number of nitrogens with zero attached hydrogens (tertiary/aromatic N) is 6. The molecule has 0 radical (unpaired) electrons. The molecule has 1 N–H and O–H groups in total. The van der Waals surface area contributed by atoms with Gasteiger partial charge in [0.1, 0.15) is 23.4 Å². The molecule has 0 aromatic carbocycles. The van der Waals surface area contributed by atoms with Gasteiger partial charge in [-0.3, -0.25) is 14.5 Å². The van der Waals surface area contributed by atoms with Crippen molar-refractivity contribution in [1.82, 2.24) is 24.7 Å². The van der Waals surface area contributed by atoms with Gasteiger partial charge in [0.2, 0.25) is 5.91 Å². The van der Waals surface area contributed by atoms with Crippen molar-refractivity contribution in [2.45, 2.75) is 53.6 Å². The molecule has 1 atom stereocenters. The van der Waals surface area contributed by atoms with Gasteiger partial charge in [-0.2, -0.15) is 5.10 Å². The van der Waals surface area contributed by atoms with Crippen molar-refractivity contribution in [3.63, 3.8) is 0 Å². The van der Waals surface area contributed by atoms with Crippen molar-refractivity contribution in [3.05, 3.63) is 59.3 Å². The number of hydrogen-bond donors (Lipinski definition) is 1. The smallest absolute Gasteiger partial charge is 0.247 e. The fourth-order valence-corrected chi connectivity index (χ4v) is 3.97. The van der Waals surface area contributed by atoms with Gasteiger partial charge in [-0.1, -0.05) is 21.3 Å². The topological polar surface area (TPSA) is 88.8 Å². The van der Waals surface area contributed by atoms with Gasteiger partial charge in [0.05, 0.1) is 24.6 Å². The number of aromatic nitrogens is 5. The number of carbonyl (C=O) groups is 1. The molecule has 4 heterocycles. The highest BCUT2D eigenvalue weighted by atomic mass is 19.1. The first-order chi connectivity index (χ1) is 14.8. The van der Waals surface area contributed by atoms with Gasteiger partial charge in [0.15, 0.2) is 5.82 Å². The highest BCUT2D eigenvalue weighted by molar-refractivity contribution is 6.03. The zero-order valence-corrected chi connectivity index (χ0v) is 18.1. The Hall–Kier alpha value is -3.36. The van der Waals surface area contributed by atoms with Crippen LogP contribution in [0, 0.1) is 18.7 Å². The molecule has 0 fully saturated rings. The number of halogens is 1. The average Bonchev–Trinajstić information content (AvgIpc) is 3.16. The number of amides is 1. The molecular formula is C23H30FN7O. The minimum atomic E-state index is -0.339. The second-order valence-corrected chi connectivity index (χ2v) is 8.23. The maximum Gasteiger partial charge on any atom is 0.247 e. The molecule has 0 spiro atoms. The predicted octanol–water partition coefficient (Wildman–Crippen LogP) is 3.40. The summed E-state index contributed by atoms with van der Waals surface area (Å²) in [5.41, 5.74) is 3.00. The van der Waals surface area contributed by atoms with E-state index in [2.05, 4.69) is 20.4 Å². The Morgan fingerprint density at radius 3 is 2.72 bits per heavy atom. The van der Waals surface area contributed by atoms with Crippen LogP contribution in [0.15, 0.2) is 30.9 Å². The third-order valence-corrected chi connectivity index (χ3v) is 5.53. The Morgan fingerprint density at radius 1 is 1.22 bits per heavy atom. The molecule has 9 heteroatoms. The van der Waals surface area contributed by atoms with Crippen LogP contribution in [0.3, 0.4) is 0 Å². The number of fused-ring (bicyclic) bond motifs is 1. The lowest BCUT2D eigenvalue weighted by molar-refractivity contribution is -0.118. The van der Waals surface area contributed by atoms with Crippen LogP contribution in [0.1, 0.15) is 43.9 Å². The van der Waals surface area contributed by atoms with Gasteiger partial charge in [-0.25, -0.2) is 14.4 Å². The third-order valence-electron chi connectivity index (χ3n) is 5.53. The van der Waals surface area contributed by atoms with E-state index in [1.54, 1.807) is 23.1 Å². The molecule has 0 aliphatic carbocycles. The number of anilines is 2. The van der Waals surface area contributed by atoms with Crippen LogP contribution in [0.25, 0.3) is 0 Å². The second-order valence-electron chi connectivity index (χ2n) is 8.23. The van der Waals surface area contributed by atoms with Gasteiger partial charge in [0, 0.05) is 31.4 Å². The van der Waals surface area contributed by atoms with Crippen molar-refractivity contribution in [3.8, 4) is 0 Å². The molecule has 1 amide bonds. The van der Waals surface area contributed by atoms with E-state index in [4.69, 9.17) is 4.98 Å². The Morgan fingerprint density at radius 2 is 2.00 bits per heavy atom. The molecule has 0 saturated carbocycles. The minimum Gasteiger partial charge on any atom is -0.346 e. The van der Waals surface area contributed by atoms with Crippen molar-refractivity contribution < 1.29 is 9.18 Å². The molecule has 0 bridgehead atoms. The second kappa shape index (κ2) is 9.42. The molecule has 32 heavy (non-hydrogen) atoms. The van der Waals surface area contributed by atoms with Gasteiger partial charge >= 0.3 is 0 Å². The Bertz CT molecular complexity index is 1110. The summed E-state index contributed by atoms with van der Waals surface area (Å²) in [7, 11) is 1.90. The Labute approximate surface area is 187 Å². The molecule has 1 aliphatic heterocycles. The number of aryl methyl sites for hydroxylation is 3. The summed E-state index contributed by atoms with van der Waals surface area (Å²) in [5.74, 6) is 1.27. The number of carbonyl (C=O) groups excluding carboxylic acids is 1. The summed E-state index contributed by atoms with van der Waals surface area (Å²) < 4.78 is 15.5. The third kappa shape index (κ3) is 4.61. The summed E-state index contributed by atoms with van der Waals surface area (Å²) in [4.78, 5) is 27.5. The zero-order chi connectivity index (χ0) is 22.1. The Balaban J connectivity index is 0.00000289. The van der Waals surface area contributed by atoms with Crippen LogP contribution in [-0.2, 0) is 24.2 Å². The summed E-state index contributed by atoms with van der Waals surface area (Å²) in [5, 5.41) is 7.30. The number of nitrogens with one attached hydrogen (secondary N) is 1. The number of pyridine rings is 1. The summed E-state index contributed by atoms with van der Waals surface area (Å²) in [6.07, 6.45) is 7.82. The highest BCUT2D eigenvalue weighted by Gasteiger charge is 2.35. The molecular weight excluding hydrogens is 409 g/mol. The normalized spacial score (nSPS) is 15.4. The lowest BCUT2D eigenvalue weighted by Gasteiger charge is -2.36. The molecule has 8 nitrogen and oxygen atoms in total. The molecule has 1 aliphatic rings. The van der Waals surface area contributed by atoms with E-state index in [0.717, 1.165) is 22.9 Å². The van der Waals surface area contributed by atoms with Crippen LogP contribution in [0.2, 0.25) is 0 Å². The quantitative estimate of drug-likeness (QED) is 0.633. The molecule has 4 rings (SSSR count). The predicted molar refractivity (Wildman–Crippen MR) is 122 cm³/mol. The van der Waals surface area contributed by atoms with Crippen molar-refractivity contribution >= 4 is 17.4 Å². The van der Waals surface area contributed by atoms with Gasteiger partial charge in [0.25, 0.3) is 0 Å². The first-order valence-electron chi connectivity index (χ1n) is 10.3. The first kappa shape index (κ1) is 23.3. The van der Waals surface area contributed by atoms with Crippen LogP contribution in [0.4, 0.5) is 15.9 Å². The molecule has 0 saturated heterocycles. The largest absolute Gasteiger partial charge is 0.346 e. The minimum absolute atomic E-state index is 0. The van der Waals surface area contributed by atoms with Crippen molar-refractivity contribution in [2.24, 2.45) is 5.92 Å². The van der Waals surface area contributed by atoms with E-state index in [1.165, 1.54) is 6.20 Å². The van der Waals surface area contributed by atoms with Crippen LogP contribution < -0.4 is 10.2 Å². The lowest BCUT2D eigenvalue weighted by atomic mass is 9.99. The summed E-state index contributed by atoms with van der Waals surface area (Å²) in [6.45, 7) is 6.28. The molecule has 3 aromatic rings. The Kier molecular flexibility index (Phi) is 6.86. The number of rotatable bonds is 6.